The first-order valence-corrected chi connectivity index (χ1v) is 9.53. The van der Waals surface area contributed by atoms with Crippen LogP contribution in [0.5, 0.6) is 0 Å². The number of hydrogen-bond donors (Lipinski definition) is 0. The van der Waals surface area contributed by atoms with Crippen molar-refractivity contribution in [3.05, 3.63) is 46.7 Å². The molecule has 0 spiro atoms. The number of methoxy groups -OCH3 is 1. The van der Waals surface area contributed by atoms with Gasteiger partial charge in [0, 0.05) is 29.3 Å². The minimum absolute atomic E-state index is 0.0295. The number of rotatable bonds is 4. The Balaban J connectivity index is 2.09. The summed E-state index contributed by atoms with van der Waals surface area (Å²) < 4.78 is 10.2. The van der Waals surface area contributed by atoms with Crippen LogP contribution in [-0.4, -0.2) is 36.6 Å². The molecule has 1 aliphatic carbocycles. The lowest BCUT2D eigenvalue weighted by Gasteiger charge is -2.34. The molecule has 0 N–H and O–H groups in total. The number of Topliss-reactive ketones (excluding diaryl/α,β-unsaturated/α-hetero) is 1. The number of carbonyl (C=O) groups excluding carboxylic acids is 3. The quantitative estimate of drug-likeness (QED) is 0.742. The standard InChI is InChI=1S/C22H25NO5/c1-12(2)28-22(26)18-13(3)23-16-6-5-7-17(24)20(16)19(18)14-8-10-15(11-9-14)21(25)27-4/h8-12,18-19H,5-7H2,1-4H3/t18?,19-/m0/s1. The van der Waals surface area contributed by atoms with Crippen LogP contribution in [0.4, 0.5) is 0 Å². The van der Waals surface area contributed by atoms with Gasteiger partial charge in [0.05, 0.1) is 18.8 Å². The zero-order valence-corrected chi connectivity index (χ0v) is 16.7. The molecule has 1 unspecified atom stereocenters. The normalized spacial score (nSPS) is 21.9. The Morgan fingerprint density at radius 2 is 1.82 bits per heavy atom. The van der Waals surface area contributed by atoms with E-state index < -0.39 is 17.8 Å². The molecule has 1 heterocycles. The van der Waals surface area contributed by atoms with Crippen molar-refractivity contribution in [1.29, 1.82) is 0 Å². The molecule has 3 rings (SSSR count). The van der Waals surface area contributed by atoms with Crippen molar-refractivity contribution in [2.45, 2.75) is 52.1 Å². The average molecular weight is 383 g/mol. The second kappa shape index (κ2) is 8.09. The van der Waals surface area contributed by atoms with Crippen LogP contribution in [0.3, 0.4) is 0 Å². The van der Waals surface area contributed by atoms with Crippen LogP contribution in [0.25, 0.3) is 0 Å². The molecule has 0 saturated heterocycles. The van der Waals surface area contributed by atoms with Gasteiger partial charge in [-0.05, 0) is 51.3 Å². The SMILES string of the molecule is COC(=O)c1ccc([C@@H]2C3=C(CCCC3=O)N=C(C)C2C(=O)OC(C)C)cc1. The number of allylic oxidation sites excluding steroid dienone is 2. The van der Waals surface area contributed by atoms with Gasteiger partial charge in [-0.15, -0.1) is 0 Å². The lowest BCUT2D eigenvalue weighted by atomic mass is 9.71. The molecule has 0 bridgehead atoms. The topological polar surface area (TPSA) is 82.0 Å². The molecule has 1 aromatic carbocycles. The second-order valence-corrected chi connectivity index (χ2v) is 7.44. The Bertz CT molecular complexity index is 863. The molecule has 2 aliphatic rings. The van der Waals surface area contributed by atoms with E-state index in [1.165, 1.54) is 7.11 Å². The molecule has 1 aromatic rings. The monoisotopic (exact) mass is 383 g/mol. The van der Waals surface area contributed by atoms with Crippen molar-refractivity contribution in [1.82, 2.24) is 0 Å². The van der Waals surface area contributed by atoms with Gasteiger partial charge < -0.3 is 9.47 Å². The van der Waals surface area contributed by atoms with Crippen molar-refractivity contribution >= 4 is 23.4 Å². The van der Waals surface area contributed by atoms with E-state index in [1.807, 2.05) is 6.92 Å². The fraction of sp³-hybridized carbons (Fsp3) is 0.455. The number of benzene rings is 1. The van der Waals surface area contributed by atoms with Gasteiger partial charge in [-0.2, -0.15) is 0 Å². The molecular weight excluding hydrogens is 358 g/mol. The van der Waals surface area contributed by atoms with Gasteiger partial charge in [0.25, 0.3) is 0 Å². The minimum Gasteiger partial charge on any atom is -0.465 e. The highest BCUT2D eigenvalue weighted by Gasteiger charge is 2.43. The second-order valence-electron chi connectivity index (χ2n) is 7.44. The first kappa shape index (κ1) is 20.0. The van der Waals surface area contributed by atoms with Crippen molar-refractivity contribution < 1.29 is 23.9 Å². The van der Waals surface area contributed by atoms with Crippen molar-refractivity contribution in [2.24, 2.45) is 10.9 Å². The molecule has 2 atom stereocenters. The summed E-state index contributed by atoms with van der Waals surface area (Å²) in [5.41, 5.74) is 3.23. The van der Waals surface area contributed by atoms with E-state index in [-0.39, 0.29) is 17.9 Å². The lowest BCUT2D eigenvalue weighted by Crippen LogP contribution is -2.38. The number of ether oxygens (including phenoxy) is 2. The summed E-state index contributed by atoms with van der Waals surface area (Å²) in [7, 11) is 1.33. The smallest absolute Gasteiger partial charge is 0.337 e. The maximum absolute atomic E-state index is 12.9. The van der Waals surface area contributed by atoms with Gasteiger partial charge in [0.15, 0.2) is 5.78 Å². The summed E-state index contributed by atoms with van der Waals surface area (Å²) in [5, 5.41) is 0. The number of carbonyl (C=O) groups is 3. The lowest BCUT2D eigenvalue weighted by molar-refractivity contribution is -0.150. The van der Waals surface area contributed by atoms with E-state index >= 15 is 0 Å². The van der Waals surface area contributed by atoms with Crippen molar-refractivity contribution in [3.63, 3.8) is 0 Å². The summed E-state index contributed by atoms with van der Waals surface area (Å²) in [4.78, 5) is 42.0. The molecule has 6 nitrogen and oxygen atoms in total. The maximum atomic E-state index is 12.9. The highest BCUT2D eigenvalue weighted by molar-refractivity contribution is 6.08. The van der Waals surface area contributed by atoms with Crippen LogP contribution < -0.4 is 0 Å². The fourth-order valence-electron chi connectivity index (χ4n) is 3.92. The van der Waals surface area contributed by atoms with Gasteiger partial charge in [-0.25, -0.2) is 4.79 Å². The van der Waals surface area contributed by atoms with E-state index in [2.05, 4.69) is 4.99 Å². The van der Waals surface area contributed by atoms with E-state index in [0.29, 0.717) is 23.3 Å². The van der Waals surface area contributed by atoms with Crippen LogP contribution >= 0.6 is 0 Å². The first-order valence-electron chi connectivity index (χ1n) is 9.53. The summed E-state index contributed by atoms with van der Waals surface area (Å²) in [6, 6.07) is 6.86. The molecule has 148 valence electrons. The molecule has 0 amide bonds. The third kappa shape index (κ3) is 3.77. The van der Waals surface area contributed by atoms with Crippen LogP contribution in [0.2, 0.25) is 0 Å². The largest absolute Gasteiger partial charge is 0.465 e. The highest BCUT2D eigenvalue weighted by atomic mass is 16.5. The van der Waals surface area contributed by atoms with Crippen LogP contribution in [0.1, 0.15) is 61.9 Å². The third-order valence-corrected chi connectivity index (χ3v) is 5.13. The first-order chi connectivity index (χ1) is 13.3. The zero-order valence-electron chi connectivity index (χ0n) is 16.7. The third-order valence-electron chi connectivity index (χ3n) is 5.13. The molecule has 6 heteroatoms. The summed E-state index contributed by atoms with van der Waals surface area (Å²) in [5.74, 6) is -1.91. The van der Waals surface area contributed by atoms with E-state index in [9.17, 15) is 14.4 Å². The van der Waals surface area contributed by atoms with Gasteiger partial charge in [-0.1, -0.05) is 12.1 Å². The van der Waals surface area contributed by atoms with Gasteiger partial charge in [0.2, 0.25) is 0 Å². The Kier molecular flexibility index (Phi) is 5.77. The van der Waals surface area contributed by atoms with Gasteiger partial charge in [-0.3, -0.25) is 14.6 Å². The summed E-state index contributed by atoms with van der Waals surface area (Å²) in [6.45, 7) is 5.40. The van der Waals surface area contributed by atoms with Crippen molar-refractivity contribution in [2.75, 3.05) is 7.11 Å². The van der Waals surface area contributed by atoms with E-state index in [1.54, 1.807) is 38.1 Å². The van der Waals surface area contributed by atoms with Gasteiger partial charge >= 0.3 is 11.9 Å². The Morgan fingerprint density at radius 1 is 1.14 bits per heavy atom. The van der Waals surface area contributed by atoms with Crippen molar-refractivity contribution in [3.8, 4) is 0 Å². The molecule has 0 saturated carbocycles. The Labute approximate surface area is 164 Å². The molecule has 0 radical (unpaired) electrons. The molecule has 1 aliphatic heterocycles. The Morgan fingerprint density at radius 3 is 2.43 bits per heavy atom. The maximum Gasteiger partial charge on any atom is 0.337 e. The number of aliphatic imine (C=N–C) groups is 1. The van der Waals surface area contributed by atoms with E-state index in [0.717, 1.165) is 24.1 Å². The minimum atomic E-state index is -0.660. The van der Waals surface area contributed by atoms with Crippen LogP contribution in [-0.2, 0) is 19.1 Å². The molecule has 0 fully saturated rings. The van der Waals surface area contributed by atoms with Crippen LogP contribution in [0.15, 0.2) is 40.5 Å². The predicted molar refractivity (Wildman–Crippen MR) is 104 cm³/mol. The van der Waals surface area contributed by atoms with Crippen LogP contribution in [0, 0.1) is 5.92 Å². The molecule has 28 heavy (non-hydrogen) atoms. The molecular formula is C22H25NO5. The number of esters is 2. The average Bonchev–Trinajstić information content (AvgIpc) is 2.66. The fourth-order valence-corrected chi connectivity index (χ4v) is 3.92. The summed E-state index contributed by atoms with van der Waals surface area (Å²) in [6.07, 6.45) is 1.68. The molecule has 0 aromatic heterocycles. The number of hydrogen-bond acceptors (Lipinski definition) is 6. The summed E-state index contributed by atoms with van der Waals surface area (Å²) >= 11 is 0. The van der Waals surface area contributed by atoms with Gasteiger partial charge in [0.1, 0.15) is 5.92 Å². The van der Waals surface area contributed by atoms with E-state index in [4.69, 9.17) is 9.47 Å². The zero-order chi connectivity index (χ0) is 20.4. The number of ketones is 1. The predicted octanol–water partition coefficient (Wildman–Crippen LogP) is 3.61. The Hall–Kier alpha value is -2.76. The number of nitrogens with zero attached hydrogens (tertiary/aromatic N) is 1. The highest BCUT2D eigenvalue weighted by Crippen LogP contribution is 2.43.